The lowest BCUT2D eigenvalue weighted by Crippen LogP contribution is -2.57. The average molecular weight is 348 g/mol. The number of carbonyl (C=O) groups is 1. The van der Waals surface area contributed by atoms with Gasteiger partial charge in [0.25, 0.3) is 0 Å². The van der Waals surface area contributed by atoms with E-state index in [0.29, 0.717) is 26.2 Å². The Morgan fingerprint density at radius 2 is 2.20 bits per heavy atom. The molecule has 2 aliphatic rings. The SMILES string of the molecule is CO[C@@H]1COC[C@@H](N(C)C(=O)CCN2CCCc3ccccc32)[C@@H]1O. The van der Waals surface area contributed by atoms with Crippen LogP contribution in [-0.4, -0.2) is 74.6 Å². The van der Waals surface area contributed by atoms with E-state index in [0.717, 1.165) is 19.4 Å². The van der Waals surface area contributed by atoms with Gasteiger partial charge >= 0.3 is 0 Å². The van der Waals surface area contributed by atoms with Crippen molar-refractivity contribution >= 4 is 11.6 Å². The van der Waals surface area contributed by atoms with Crippen LogP contribution in [0.5, 0.6) is 0 Å². The zero-order valence-electron chi connectivity index (χ0n) is 15.1. The Morgan fingerprint density at radius 1 is 1.40 bits per heavy atom. The number of hydrogen-bond donors (Lipinski definition) is 1. The molecule has 3 atom stereocenters. The van der Waals surface area contributed by atoms with Gasteiger partial charge in [-0.2, -0.15) is 0 Å². The van der Waals surface area contributed by atoms with Crippen molar-refractivity contribution in [3.63, 3.8) is 0 Å². The Morgan fingerprint density at radius 3 is 3.00 bits per heavy atom. The van der Waals surface area contributed by atoms with E-state index in [1.807, 2.05) is 6.07 Å². The Balaban J connectivity index is 1.58. The summed E-state index contributed by atoms with van der Waals surface area (Å²) in [6.45, 7) is 2.38. The maximum absolute atomic E-state index is 12.6. The number of methoxy groups -OCH3 is 1. The van der Waals surface area contributed by atoms with Crippen molar-refractivity contribution < 1.29 is 19.4 Å². The fraction of sp³-hybridized carbons (Fsp3) is 0.632. The molecule has 138 valence electrons. The topological polar surface area (TPSA) is 62.2 Å². The van der Waals surface area contributed by atoms with E-state index in [4.69, 9.17) is 9.47 Å². The van der Waals surface area contributed by atoms with E-state index < -0.39 is 6.10 Å². The van der Waals surface area contributed by atoms with Gasteiger partial charge in [-0.15, -0.1) is 0 Å². The number of aryl methyl sites for hydroxylation is 1. The predicted molar refractivity (Wildman–Crippen MR) is 95.8 cm³/mol. The minimum absolute atomic E-state index is 0.0208. The third-order valence-electron chi connectivity index (χ3n) is 5.34. The average Bonchev–Trinajstić information content (AvgIpc) is 2.65. The number of ether oxygens (including phenoxy) is 2. The summed E-state index contributed by atoms with van der Waals surface area (Å²) < 4.78 is 10.7. The molecular formula is C19H28N2O4. The summed E-state index contributed by atoms with van der Waals surface area (Å²) in [5.41, 5.74) is 2.60. The van der Waals surface area contributed by atoms with E-state index in [1.54, 1.807) is 19.1 Å². The lowest BCUT2D eigenvalue weighted by molar-refractivity contribution is -0.158. The van der Waals surface area contributed by atoms with Crippen LogP contribution in [0.2, 0.25) is 0 Å². The van der Waals surface area contributed by atoms with Gasteiger partial charge in [0.15, 0.2) is 0 Å². The molecule has 1 aromatic carbocycles. The standard InChI is InChI=1S/C19H28N2O4/c1-20(16-12-25-13-17(24-2)19(16)23)18(22)9-11-21-10-5-7-14-6-3-4-8-15(14)21/h3-4,6,8,16-17,19,23H,5,7,9-13H2,1-2H3/t16-,17-,19+/m1/s1. The van der Waals surface area contributed by atoms with Crippen LogP contribution in [-0.2, 0) is 20.7 Å². The molecule has 0 radical (unpaired) electrons. The number of likely N-dealkylation sites (N-methyl/N-ethyl adjacent to an activating group) is 1. The molecular weight excluding hydrogens is 320 g/mol. The molecule has 0 spiro atoms. The van der Waals surface area contributed by atoms with Crippen molar-refractivity contribution in [2.45, 2.75) is 37.5 Å². The van der Waals surface area contributed by atoms with Gasteiger partial charge in [0, 0.05) is 39.4 Å². The van der Waals surface area contributed by atoms with Crippen molar-refractivity contribution in [1.29, 1.82) is 0 Å². The van der Waals surface area contributed by atoms with Crippen molar-refractivity contribution in [3.05, 3.63) is 29.8 Å². The van der Waals surface area contributed by atoms with Gasteiger partial charge in [-0.1, -0.05) is 18.2 Å². The molecule has 0 saturated carbocycles. The van der Waals surface area contributed by atoms with Gasteiger partial charge in [0.1, 0.15) is 12.2 Å². The fourth-order valence-electron chi connectivity index (χ4n) is 3.73. The molecule has 1 fully saturated rings. The molecule has 0 unspecified atom stereocenters. The number of fused-ring (bicyclic) bond motifs is 1. The normalized spacial score (nSPS) is 26.2. The molecule has 6 nitrogen and oxygen atoms in total. The Labute approximate surface area is 149 Å². The second kappa shape index (κ2) is 8.17. The molecule has 0 aliphatic carbocycles. The fourth-order valence-corrected chi connectivity index (χ4v) is 3.73. The molecule has 3 rings (SSSR count). The number of aliphatic hydroxyl groups excluding tert-OH is 1. The van der Waals surface area contributed by atoms with Gasteiger partial charge in [-0.3, -0.25) is 4.79 Å². The Kier molecular flexibility index (Phi) is 5.93. The van der Waals surface area contributed by atoms with Crippen molar-refractivity contribution in [1.82, 2.24) is 4.90 Å². The van der Waals surface area contributed by atoms with Gasteiger partial charge in [0.2, 0.25) is 5.91 Å². The van der Waals surface area contributed by atoms with Crippen LogP contribution in [0.1, 0.15) is 18.4 Å². The third-order valence-corrected chi connectivity index (χ3v) is 5.34. The number of hydrogen-bond acceptors (Lipinski definition) is 5. The van der Waals surface area contributed by atoms with Crippen LogP contribution >= 0.6 is 0 Å². The molecule has 25 heavy (non-hydrogen) atoms. The maximum atomic E-state index is 12.6. The number of para-hydroxylation sites is 1. The number of carbonyl (C=O) groups excluding carboxylic acids is 1. The third kappa shape index (κ3) is 3.97. The highest BCUT2D eigenvalue weighted by Crippen LogP contribution is 2.26. The summed E-state index contributed by atoms with van der Waals surface area (Å²) in [5, 5.41) is 10.4. The first kappa shape index (κ1) is 18.2. The summed E-state index contributed by atoms with van der Waals surface area (Å²) in [7, 11) is 3.29. The molecule has 2 aliphatic heterocycles. The monoisotopic (exact) mass is 348 g/mol. The highest BCUT2D eigenvalue weighted by atomic mass is 16.5. The second-order valence-electron chi connectivity index (χ2n) is 6.84. The summed E-state index contributed by atoms with van der Waals surface area (Å²) in [6, 6.07) is 8.05. The zero-order valence-corrected chi connectivity index (χ0v) is 15.1. The smallest absolute Gasteiger partial charge is 0.224 e. The highest BCUT2D eigenvalue weighted by Gasteiger charge is 2.36. The lowest BCUT2D eigenvalue weighted by atomic mass is 10.0. The number of amides is 1. The minimum atomic E-state index is -0.719. The maximum Gasteiger partial charge on any atom is 0.224 e. The van der Waals surface area contributed by atoms with Crippen molar-refractivity contribution in [2.24, 2.45) is 0 Å². The Bertz CT molecular complexity index is 595. The molecule has 2 heterocycles. The van der Waals surface area contributed by atoms with Crippen LogP contribution < -0.4 is 4.90 Å². The molecule has 6 heteroatoms. The molecule has 1 saturated heterocycles. The van der Waals surface area contributed by atoms with E-state index >= 15 is 0 Å². The number of rotatable bonds is 5. The first-order chi connectivity index (χ1) is 12.1. The first-order valence-electron chi connectivity index (χ1n) is 8.99. The van der Waals surface area contributed by atoms with Gasteiger partial charge in [-0.25, -0.2) is 0 Å². The largest absolute Gasteiger partial charge is 0.388 e. The molecule has 0 bridgehead atoms. The van der Waals surface area contributed by atoms with E-state index in [-0.39, 0.29) is 18.1 Å². The zero-order chi connectivity index (χ0) is 17.8. The lowest BCUT2D eigenvalue weighted by Gasteiger charge is -2.39. The van der Waals surface area contributed by atoms with Crippen LogP contribution in [0.4, 0.5) is 5.69 Å². The van der Waals surface area contributed by atoms with Crippen molar-refractivity contribution in [2.75, 3.05) is 45.4 Å². The minimum Gasteiger partial charge on any atom is -0.388 e. The van der Waals surface area contributed by atoms with Crippen LogP contribution in [0, 0.1) is 0 Å². The summed E-state index contributed by atoms with van der Waals surface area (Å²) in [6.07, 6.45) is 1.54. The molecule has 1 aromatic rings. The number of benzene rings is 1. The number of anilines is 1. The van der Waals surface area contributed by atoms with Crippen LogP contribution in [0.3, 0.4) is 0 Å². The van der Waals surface area contributed by atoms with E-state index in [2.05, 4.69) is 23.1 Å². The molecule has 1 amide bonds. The second-order valence-corrected chi connectivity index (χ2v) is 6.84. The van der Waals surface area contributed by atoms with Gasteiger partial charge in [-0.05, 0) is 24.5 Å². The highest BCUT2D eigenvalue weighted by molar-refractivity contribution is 5.77. The van der Waals surface area contributed by atoms with Crippen LogP contribution in [0.25, 0.3) is 0 Å². The van der Waals surface area contributed by atoms with E-state index in [9.17, 15) is 9.90 Å². The Hall–Kier alpha value is -1.63. The number of aliphatic hydroxyl groups is 1. The summed E-state index contributed by atoms with van der Waals surface area (Å²) in [4.78, 5) is 16.5. The quantitative estimate of drug-likeness (QED) is 0.862. The van der Waals surface area contributed by atoms with Gasteiger partial charge < -0.3 is 24.4 Å². The van der Waals surface area contributed by atoms with Crippen molar-refractivity contribution in [3.8, 4) is 0 Å². The summed E-state index contributed by atoms with van der Waals surface area (Å²) >= 11 is 0. The summed E-state index contributed by atoms with van der Waals surface area (Å²) in [5.74, 6) is 0.0208. The predicted octanol–water partition coefficient (Wildman–Crippen LogP) is 1.06. The molecule has 0 aromatic heterocycles. The molecule has 1 N–H and O–H groups in total. The van der Waals surface area contributed by atoms with Crippen LogP contribution in [0.15, 0.2) is 24.3 Å². The van der Waals surface area contributed by atoms with Gasteiger partial charge in [0.05, 0.1) is 19.3 Å². The van der Waals surface area contributed by atoms with E-state index in [1.165, 1.54) is 11.3 Å². The first-order valence-corrected chi connectivity index (χ1v) is 8.99. The number of nitrogens with zero attached hydrogens (tertiary/aromatic N) is 2.